The first-order valence-electron chi connectivity index (χ1n) is 18.5. The maximum Gasteiger partial charge on any atom is 0.319 e. The first kappa shape index (κ1) is 35.3. The minimum Gasteiger partial charge on any atom is -0.508 e. The second kappa shape index (κ2) is 13.6. The van der Waals surface area contributed by atoms with Gasteiger partial charge in [0.2, 0.25) is 0 Å². The SMILES string of the molecule is CC1CC(N2CCCC3(COc4nc(N5CCOCC(C)(O)C5)c5cnc(-c6cc(O)cc7ccc(F)c(F)c67)c(F)c5n4)CCCC23)CC(C)O1. The fourth-order valence-corrected chi connectivity index (χ4v) is 9.49. The van der Waals surface area contributed by atoms with Gasteiger partial charge in [0, 0.05) is 41.2 Å². The molecule has 0 bridgehead atoms. The molecule has 0 amide bonds. The van der Waals surface area contributed by atoms with Crippen LogP contribution in [0, 0.1) is 22.9 Å². The molecule has 5 unspecified atom stereocenters. The lowest BCUT2D eigenvalue weighted by Crippen LogP contribution is -2.57. The fourth-order valence-electron chi connectivity index (χ4n) is 9.49. The van der Waals surface area contributed by atoms with Gasteiger partial charge >= 0.3 is 6.01 Å². The number of rotatable bonds is 6. The number of aliphatic hydroxyl groups is 1. The zero-order chi connectivity index (χ0) is 36.4. The number of pyridine rings is 1. The average Bonchev–Trinajstić information content (AvgIpc) is 3.45. The van der Waals surface area contributed by atoms with Crippen molar-refractivity contribution >= 4 is 27.5 Å². The van der Waals surface area contributed by atoms with Crippen molar-refractivity contribution in [1.82, 2.24) is 19.9 Å². The summed E-state index contributed by atoms with van der Waals surface area (Å²) in [4.78, 5) is 18.3. The number of likely N-dealkylation sites (tertiary alicyclic amines) is 1. The molecule has 2 aromatic heterocycles. The molecule has 10 nitrogen and oxygen atoms in total. The Labute approximate surface area is 300 Å². The molecule has 52 heavy (non-hydrogen) atoms. The summed E-state index contributed by atoms with van der Waals surface area (Å²) in [5, 5.41) is 21.8. The Morgan fingerprint density at radius 3 is 2.62 bits per heavy atom. The van der Waals surface area contributed by atoms with Crippen LogP contribution < -0.4 is 9.64 Å². The van der Waals surface area contributed by atoms with Crippen molar-refractivity contribution in [2.75, 3.05) is 44.4 Å². The van der Waals surface area contributed by atoms with Gasteiger partial charge in [-0.25, -0.2) is 13.2 Å². The lowest BCUT2D eigenvalue weighted by atomic mass is 9.74. The van der Waals surface area contributed by atoms with Gasteiger partial charge in [-0.05, 0) is 89.4 Å². The molecule has 2 N–H and O–H groups in total. The molecular formula is C39H46F3N5O5. The highest BCUT2D eigenvalue weighted by atomic mass is 19.2. The molecule has 1 aliphatic carbocycles. The van der Waals surface area contributed by atoms with Gasteiger partial charge in [-0.3, -0.25) is 9.88 Å². The summed E-state index contributed by atoms with van der Waals surface area (Å²) < 4.78 is 64.9. The summed E-state index contributed by atoms with van der Waals surface area (Å²) >= 11 is 0. The lowest BCUT2D eigenvalue weighted by Gasteiger charge is -2.51. The first-order valence-corrected chi connectivity index (χ1v) is 18.5. The molecule has 278 valence electrons. The molecule has 4 fully saturated rings. The van der Waals surface area contributed by atoms with Crippen LogP contribution in [0.3, 0.4) is 0 Å². The normalized spacial score (nSPS) is 30.1. The molecule has 4 aromatic rings. The summed E-state index contributed by atoms with van der Waals surface area (Å²) in [7, 11) is 0. The van der Waals surface area contributed by atoms with Gasteiger partial charge in [-0.15, -0.1) is 0 Å². The number of nitrogens with zero attached hydrogens (tertiary/aromatic N) is 5. The van der Waals surface area contributed by atoms with Crippen molar-refractivity contribution in [2.24, 2.45) is 5.41 Å². The number of aromatic nitrogens is 3. The van der Waals surface area contributed by atoms with Gasteiger partial charge < -0.3 is 29.3 Å². The van der Waals surface area contributed by atoms with Crippen LogP contribution in [0.15, 0.2) is 30.5 Å². The molecule has 2 aromatic carbocycles. The highest BCUT2D eigenvalue weighted by Gasteiger charge is 2.50. The minimum absolute atomic E-state index is 0.0215. The first-order chi connectivity index (χ1) is 24.9. The van der Waals surface area contributed by atoms with Crippen molar-refractivity contribution in [3.63, 3.8) is 0 Å². The molecule has 5 heterocycles. The van der Waals surface area contributed by atoms with Crippen LogP contribution in [-0.4, -0.2) is 99.4 Å². The van der Waals surface area contributed by atoms with E-state index in [2.05, 4.69) is 28.7 Å². The second-order valence-corrected chi connectivity index (χ2v) is 15.7. The van der Waals surface area contributed by atoms with Crippen LogP contribution in [-0.2, 0) is 9.47 Å². The molecule has 1 saturated carbocycles. The Kier molecular flexibility index (Phi) is 9.20. The van der Waals surface area contributed by atoms with E-state index in [1.807, 2.05) is 4.90 Å². The number of β-amino-alcohol motifs (C(OH)–C–C–N with tert-alkyl or cyclic N) is 1. The van der Waals surface area contributed by atoms with Crippen molar-refractivity contribution in [3.8, 4) is 23.0 Å². The largest absolute Gasteiger partial charge is 0.508 e. The van der Waals surface area contributed by atoms with E-state index in [1.54, 1.807) is 6.92 Å². The van der Waals surface area contributed by atoms with E-state index < -0.39 is 23.1 Å². The lowest BCUT2D eigenvalue weighted by molar-refractivity contribution is -0.0967. The van der Waals surface area contributed by atoms with Crippen LogP contribution in [0.5, 0.6) is 11.8 Å². The minimum atomic E-state index is -1.22. The number of benzene rings is 2. The zero-order valence-electron chi connectivity index (χ0n) is 29.9. The van der Waals surface area contributed by atoms with Crippen molar-refractivity contribution in [1.29, 1.82) is 0 Å². The third-order valence-electron chi connectivity index (χ3n) is 11.6. The standard InChI is InChI=1S/C39H46F3N5O5/c1-22-14-25(15-23(2)52-22)47-11-5-10-39(9-4-6-30(39)47)21-51-37-44-35-28(36(45-37)46-12-13-50-20-38(3,49)19-46)18-43-34(33(35)42)27-17-26(48)16-24-7-8-29(40)32(41)31(24)27/h7-8,16-18,22-23,25,30,48-49H,4-6,9-15,19-21H2,1-3H3. The van der Waals surface area contributed by atoms with E-state index in [0.717, 1.165) is 57.6 Å². The van der Waals surface area contributed by atoms with Crippen molar-refractivity contribution in [3.05, 3.63) is 47.9 Å². The number of ether oxygens (including phenoxy) is 3. The Bertz CT molecular complexity index is 1990. The summed E-state index contributed by atoms with van der Waals surface area (Å²) in [5.74, 6) is -3.13. The van der Waals surface area contributed by atoms with Gasteiger partial charge in [0.1, 0.15) is 28.4 Å². The number of hydrogen-bond acceptors (Lipinski definition) is 10. The smallest absolute Gasteiger partial charge is 0.319 e. The number of anilines is 1. The van der Waals surface area contributed by atoms with E-state index in [9.17, 15) is 14.6 Å². The Balaban J connectivity index is 1.20. The third kappa shape index (κ3) is 6.43. The van der Waals surface area contributed by atoms with Crippen LogP contribution in [0.4, 0.5) is 19.0 Å². The predicted molar refractivity (Wildman–Crippen MR) is 190 cm³/mol. The molecule has 0 radical (unpaired) electrons. The number of phenols is 1. The van der Waals surface area contributed by atoms with E-state index >= 15 is 8.78 Å². The predicted octanol–water partition coefficient (Wildman–Crippen LogP) is 6.53. The fraction of sp³-hybridized carbons (Fsp3) is 0.564. The second-order valence-electron chi connectivity index (χ2n) is 15.7. The summed E-state index contributed by atoms with van der Waals surface area (Å²) in [6.07, 6.45) is 9.03. The number of hydrogen-bond donors (Lipinski definition) is 2. The average molecular weight is 722 g/mol. The van der Waals surface area contributed by atoms with Crippen LogP contribution in [0.25, 0.3) is 32.9 Å². The Morgan fingerprint density at radius 2 is 1.81 bits per heavy atom. The van der Waals surface area contributed by atoms with Crippen LogP contribution in [0.2, 0.25) is 0 Å². The Morgan fingerprint density at radius 1 is 1.02 bits per heavy atom. The van der Waals surface area contributed by atoms with Gasteiger partial charge in [0.15, 0.2) is 17.5 Å². The van der Waals surface area contributed by atoms with E-state index in [4.69, 9.17) is 19.2 Å². The molecule has 3 aliphatic heterocycles. The number of aromatic hydroxyl groups is 1. The molecule has 4 aliphatic rings. The van der Waals surface area contributed by atoms with Gasteiger partial charge in [0.05, 0.1) is 44.0 Å². The van der Waals surface area contributed by atoms with E-state index in [0.29, 0.717) is 37.7 Å². The summed E-state index contributed by atoms with van der Waals surface area (Å²) in [6, 6.07) is 5.48. The van der Waals surface area contributed by atoms with Crippen molar-refractivity contribution < 1.29 is 37.6 Å². The Hall–Kier alpha value is -3.78. The van der Waals surface area contributed by atoms with E-state index in [1.165, 1.54) is 24.4 Å². The number of fused-ring (bicyclic) bond motifs is 3. The quantitative estimate of drug-likeness (QED) is 0.228. The number of halogens is 3. The maximum absolute atomic E-state index is 16.9. The molecule has 13 heteroatoms. The van der Waals surface area contributed by atoms with Crippen LogP contribution >= 0.6 is 0 Å². The molecule has 8 rings (SSSR count). The van der Waals surface area contributed by atoms with Crippen LogP contribution in [0.1, 0.15) is 65.7 Å². The third-order valence-corrected chi connectivity index (χ3v) is 11.6. The summed E-state index contributed by atoms with van der Waals surface area (Å²) in [5.41, 5.74) is -1.89. The highest BCUT2D eigenvalue weighted by Crippen LogP contribution is 2.50. The van der Waals surface area contributed by atoms with Gasteiger partial charge in [-0.2, -0.15) is 9.97 Å². The number of piperidine rings is 1. The van der Waals surface area contributed by atoms with Gasteiger partial charge in [-0.1, -0.05) is 12.5 Å². The van der Waals surface area contributed by atoms with E-state index in [-0.39, 0.29) is 75.5 Å². The number of phenolic OH excluding ortho intramolecular Hbond substituents is 1. The molecular weight excluding hydrogens is 675 g/mol. The topological polar surface area (TPSA) is 113 Å². The molecule has 3 saturated heterocycles. The molecule has 5 atom stereocenters. The zero-order valence-corrected chi connectivity index (χ0v) is 29.9. The van der Waals surface area contributed by atoms with Gasteiger partial charge in [0.25, 0.3) is 0 Å². The summed E-state index contributed by atoms with van der Waals surface area (Å²) in [6.45, 7) is 8.29. The van der Waals surface area contributed by atoms with Crippen molar-refractivity contribution in [2.45, 2.75) is 95.6 Å². The monoisotopic (exact) mass is 721 g/mol. The maximum atomic E-state index is 16.9. The molecule has 0 spiro atoms. The highest BCUT2D eigenvalue weighted by molar-refractivity contribution is 6.00.